The Morgan fingerprint density at radius 2 is 2.46 bits per heavy atom. The van der Waals surface area contributed by atoms with Crippen LogP contribution in [0.25, 0.3) is 6.08 Å². The van der Waals surface area contributed by atoms with Crippen molar-refractivity contribution in [1.29, 1.82) is 0 Å². The fraction of sp³-hybridized carbons (Fsp3) is 0.143. The van der Waals surface area contributed by atoms with Gasteiger partial charge in [0, 0.05) is 10.8 Å². The van der Waals surface area contributed by atoms with Crippen LogP contribution in [-0.4, -0.2) is 10.8 Å². The molecule has 1 rings (SSSR count). The first-order chi connectivity index (χ1) is 6.15. The predicted molar refractivity (Wildman–Crippen MR) is 58.4 cm³/mol. The molecule has 0 aliphatic heterocycles. The van der Waals surface area contributed by atoms with Crippen LogP contribution in [0.15, 0.2) is 16.6 Å². The van der Waals surface area contributed by atoms with Crippen LogP contribution < -0.4 is 0 Å². The lowest BCUT2D eigenvalue weighted by molar-refractivity contribution is -0.380. The molecule has 0 N–H and O–H groups in total. The molecule has 0 unspecified atom stereocenters. The minimum atomic E-state index is -0.410. The third kappa shape index (κ3) is 2.79. The van der Waals surface area contributed by atoms with Crippen molar-refractivity contribution in [1.82, 2.24) is 0 Å². The molecule has 1 aromatic rings. The minimum absolute atomic E-state index is 0.120. The first-order valence-corrected chi connectivity index (χ1v) is 5.45. The Labute approximate surface area is 92.3 Å². The van der Waals surface area contributed by atoms with Crippen molar-refractivity contribution in [3.63, 3.8) is 0 Å². The summed E-state index contributed by atoms with van der Waals surface area (Å²) in [5, 5.41) is 10.6. The Kier molecular flexibility index (Phi) is 3.90. The molecule has 0 aliphatic rings. The second-order valence-corrected chi connectivity index (χ2v) is 4.34. The second kappa shape index (κ2) is 4.74. The summed E-state index contributed by atoms with van der Waals surface area (Å²) in [5.41, 5.74) is 0. The quantitative estimate of drug-likeness (QED) is 0.482. The molecule has 0 saturated heterocycles. The molecule has 1 heterocycles. The number of thiophene rings is 1. The van der Waals surface area contributed by atoms with Crippen LogP contribution in [-0.2, 0) is 0 Å². The van der Waals surface area contributed by atoms with E-state index < -0.39 is 4.92 Å². The molecule has 0 bridgehead atoms. The SMILES string of the molecule is O=[N+]([O-])c1sc(/C=C/CCl)cc1Br. The van der Waals surface area contributed by atoms with Gasteiger partial charge in [0.25, 0.3) is 0 Å². The van der Waals surface area contributed by atoms with E-state index in [2.05, 4.69) is 15.9 Å². The molecule has 6 heteroatoms. The Morgan fingerprint density at radius 1 is 1.77 bits per heavy atom. The number of halogens is 2. The number of allylic oxidation sites excluding steroid dienone is 1. The molecule has 0 spiro atoms. The van der Waals surface area contributed by atoms with Crippen LogP contribution >= 0.6 is 38.9 Å². The molecule has 1 aromatic heterocycles. The second-order valence-electron chi connectivity index (χ2n) is 2.12. The average Bonchev–Trinajstić information content (AvgIpc) is 2.43. The zero-order valence-electron chi connectivity index (χ0n) is 6.37. The molecule has 0 saturated carbocycles. The number of nitro groups is 1. The molecular formula is C7H5BrClNO2S. The van der Waals surface area contributed by atoms with Crippen molar-refractivity contribution in [2.75, 3.05) is 5.88 Å². The van der Waals surface area contributed by atoms with Gasteiger partial charge in [0.1, 0.15) is 4.47 Å². The van der Waals surface area contributed by atoms with Gasteiger partial charge in [-0.25, -0.2) is 0 Å². The predicted octanol–water partition coefficient (Wildman–Crippen LogP) is 3.67. The van der Waals surface area contributed by atoms with Gasteiger partial charge in [0.15, 0.2) is 0 Å². The van der Waals surface area contributed by atoms with E-state index in [1.807, 2.05) is 0 Å². The van der Waals surface area contributed by atoms with Crippen LogP contribution in [0.3, 0.4) is 0 Å². The average molecular weight is 283 g/mol. The summed E-state index contributed by atoms with van der Waals surface area (Å²) in [6, 6.07) is 1.70. The number of rotatable bonds is 3. The van der Waals surface area contributed by atoms with Crippen molar-refractivity contribution in [3.05, 3.63) is 31.6 Å². The number of nitrogens with zero attached hydrogens (tertiary/aromatic N) is 1. The lowest BCUT2D eigenvalue weighted by atomic mass is 10.4. The van der Waals surface area contributed by atoms with Gasteiger partial charge < -0.3 is 0 Å². The smallest absolute Gasteiger partial charge is 0.258 e. The zero-order valence-corrected chi connectivity index (χ0v) is 9.53. The van der Waals surface area contributed by atoms with Gasteiger partial charge in [-0.1, -0.05) is 17.4 Å². The van der Waals surface area contributed by atoms with E-state index in [0.29, 0.717) is 10.4 Å². The number of hydrogen-bond acceptors (Lipinski definition) is 3. The molecule has 0 aromatic carbocycles. The van der Waals surface area contributed by atoms with Crippen molar-refractivity contribution >= 4 is 49.9 Å². The number of alkyl halides is 1. The first kappa shape index (κ1) is 10.7. The van der Waals surface area contributed by atoms with E-state index in [-0.39, 0.29) is 5.00 Å². The lowest BCUT2D eigenvalue weighted by Crippen LogP contribution is -1.82. The largest absolute Gasteiger partial charge is 0.338 e. The van der Waals surface area contributed by atoms with E-state index in [4.69, 9.17) is 11.6 Å². The topological polar surface area (TPSA) is 43.1 Å². The van der Waals surface area contributed by atoms with Crippen LogP contribution in [0, 0.1) is 10.1 Å². The number of hydrogen-bond donors (Lipinski definition) is 0. The molecule has 0 amide bonds. The summed E-state index contributed by atoms with van der Waals surface area (Å²) in [7, 11) is 0. The Hall–Kier alpha value is -0.390. The molecule has 70 valence electrons. The molecule has 0 aliphatic carbocycles. The summed E-state index contributed by atoms with van der Waals surface area (Å²) < 4.78 is 0.511. The van der Waals surface area contributed by atoms with Crippen molar-refractivity contribution in [2.45, 2.75) is 0 Å². The normalized spacial score (nSPS) is 10.9. The van der Waals surface area contributed by atoms with Gasteiger partial charge >= 0.3 is 5.00 Å². The maximum atomic E-state index is 10.4. The molecule has 0 radical (unpaired) electrons. The highest BCUT2D eigenvalue weighted by Gasteiger charge is 2.15. The van der Waals surface area contributed by atoms with Gasteiger partial charge in [-0.3, -0.25) is 10.1 Å². The molecule has 3 nitrogen and oxygen atoms in total. The third-order valence-corrected chi connectivity index (χ3v) is 3.32. The summed E-state index contributed by atoms with van der Waals surface area (Å²) >= 11 is 9.66. The van der Waals surface area contributed by atoms with Gasteiger partial charge in [-0.2, -0.15) is 0 Å². The summed E-state index contributed by atoms with van der Waals surface area (Å²) in [6.45, 7) is 0. The van der Waals surface area contributed by atoms with E-state index in [9.17, 15) is 10.1 Å². The Morgan fingerprint density at radius 3 is 2.92 bits per heavy atom. The standard InChI is InChI=1S/C7H5BrClNO2S/c8-6-4-5(2-1-3-9)13-7(6)10(11)12/h1-2,4H,3H2/b2-1+. The lowest BCUT2D eigenvalue weighted by Gasteiger charge is -1.82. The molecule has 0 fully saturated rings. The summed E-state index contributed by atoms with van der Waals surface area (Å²) in [6.07, 6.45) is 3.50. The van der Waals surface area contributed by atoms with Gasteiger partial charge in [0.2, 0.25) is 0 Å². The van der Waals surface area contributed by atoms with Crippen LogP contribution in [0.4, 0.5) is 5.00 Å². The molecular weight excluding hydrogens is 278 g/mol. The first-order valence-electron chi connectivity index (χ1n) is 3.31. The van der Waals surface area contributed by atoms with E-state index in [1.54, 1.807) is 18.2 Å². The van der Waals surface area contributed by atoms with E-state index >= 15 is 0 Å². The maximum absolute atomic E-state index is 10.4. The highest BCUT2D eigenvalue weighted by molar-refractivity contribution is 9.10. The molecule has 0 atom stereocenters. The monoisotopic (exact) mass is 281 g/mol. The minimum Gasteiger partial charge on any atom is -0.258 e. The highest BCUT2D eigenvalue weighted by Crippen LogP contribution is 2.34. The van der Waals surface area contributed by atoms with Crippen molar-refractivity contribution in [2.24, 2.45) is 0 Å². The molecule has 13 heavy (non-hydrogen) atoms. The fourth-order valence-electron chi connectivity index (χ4n) is 0.744. The van der Waals surface area contributed by atoms with Crippen LogP contribution in [0.1, 0.15) is 4.88 Å². The van der Waals surface area contributed by atoms with Crippen LogP contribution in [0.5, 0.6) is 0 Å². The summed E-state index contributed by atoms with van der Waals surface area (Å²) in [5.74, 6) is 0.406. The third-order valence-electron chi connectivity index (χ3n) is 1.22. The zero-order chi connectivity index (χ0) is 9.84. The van der Waals surface area contributed by atoms with Crippen molar-refractivity contribution in [3.8, 4) is 0 Å². The van der Waals surface area contributed by atoms with Gasteiger partial charge in [-0.05, 0) is 28.1 Å². The van der Waals surface area contributed by atoms with Crippen molar-refractivity contribution < 1.29 is 4.92 Å². The Bertz CT molecular complexity index is 350. The maximum Gasteiger partial charge on any atom is 0.338 e. The van der Waals surface area contributed by atoms with Crippen LogP contribution in [0.2, 0.25) is 0 Å². The summed E-state index contributed by atoms with van der Waals surface area (Å²) in [4.78, 5) is 10.9. The van der Waals surface area contributed by atoms with E-state index in [1.165, 1.54) is 0 Å². The van der Waals surface area contributed by atoms with Gasteiger partial charge in [0.05, 0.1) is 4.92 Å². The van der Waals surface area contributed by atoms with Gasteiger partial charge in [-0.15, -0.1) is 11.6 Å². The fourth-order valence-corrected chi connectivity index (χ4v) is 2.41. The van der Waals surface area contributed by atoms with E-state index in [0.717, 1.165) is 16.2 Å². The Balaban J connectivity index is 2.95. The highest BCUT2D eigenvalue weighted by atomic mass is 79.9.